The summed E-state index contributed by atoms with van der Waals surface area (Å²) in [5, 5.41) is 4.38. The molecule has 0 radical (unpaired) electrons. The number of amides is 1. The predicted octanol–water partition coefficient (Wildman–Crippen LogP) is 2.92. The molecule has 0 spiro atoms. The van der Waals surface area contributed by atoms with Crippen molar-refractivity contribution < 1.29 is 33.3 Å². The number of benzene rings is 1. The Hall–Kier alpha value is -3.07. The van der Waals surface area contributed by atoms with Crippen molar-refractivity contribution in [1.29, 1.82) is 0 Å². The summed E-state index contributed by atoms with van der Waals surface area (Å²) in [6.07, 6.45) is -0.0535. The first-order valence-electron chi connectivity index (χ1n) is 8.30. The fraction of sp³-hybridized carbons (Fsp3) is 0.316. The third-order valence-electron chi connectivity index (χ3n) is 3.66. The molecule has 1 aromatic carbocycles. The van der Waals surface area contributed by atoms with E-state index in [4.69, 9.17) is 18.9 Å². The highest BCUT2D eigenvalue weighted by atomic mass is 32.1. The lowest BCUT2D eigenvalue weighted by molar-refractivity contribution is -0.147. The standard InChI is InChI=1S/C19H21NO7S/c1-24-14-9-12(10-15(25-2)19(14)26-3)20-17(22)11-27-18(23)7-6-13(21)16-5-4-8-28-16/h4-5,8-10H,6-7,11H2,1-3H3,(H,20,22). The zero-order valence-electron chi connectivity index (χ0n) is 15.8. The van der Waals surface area contributed by atoms with Crippen LogP contribution in [-0.4, -0.2) is 45.6 Å². The Bertz CT molecular complexity index is 808. The van der Waals surface area contributed by atoms with E-state index in [1.165, 1.54) is 32.7 Å². The molecule has 1 amide bonds. The maximum Gasteiger partial charge on any atom is 0.306 e. The number of thiophene rings is 1. The number of methoxy groups -OCH3 is 3. The SMILES string of the molecule is COc1cc(NC(=O)COC(=O)CCC(=O)c2cccs2)cc(OC)c1OC. The third kappa shape index (κ3) is 5.71. The number of rotatable bonds is 10. The minimum Gasteiger partial charge on any atom is -0.493 e. The molecule has 0 saturated heterocycles. The second-order valence-electron chi connectivity index (χ2n) is 5.52. The number of hydrogen-bond acceptors (Lipinski definition) is 8. The van der Waals surface area contributed by atoms with Gasteiger partial charge in [-0.3, -0.25) is 14.4 Å². The van der Waals surface area contributed by atoms with Gasteiger partial charge in [-0.05, 0) is 11.4 Å². The molecule has 0 bridgehead atoms. The van der Waals surface area contributed by atoms with Crippen molar-refractivity contribution in [3.63, 3.8) is 0 Å². The summed E-state index contributed by atoms with van der Waals surface area (Å²) in [5.74, 6) is -0.140. The Morgan fingerprint density at radius 3 is 2.21 bits per heavy atom. The number of esters is 1. The van der Waals surface area contributed by atoms with E-state index >= 15 is 0 Å². The Morgan fingerprint density at radius 1 is 1.00 bits per heavy atom. The van der Waals surface area contributed by atoms with Gasteiger partial charge in [0.2, 0.25) is 5.75 Å². The van der Waals surface area contributed by atoms with Crippen LogP contribution < -0.4 is 19.5 Å². The summed E-state index contributed by atoms with van der Waals surface area (Å²) >= 11 is 1.32. The summed E-state index contributed by atoms with van der Waals surface area (Å²) in [7, 11) is 4.39. The molecule has 1 N–H and O–H groups in total. The van der Waals surface area contributed by atoms with E-state index in [0.717, 1.165) is 0 Å². The van der Waals surface area contributed by atoms with Crippen LogP contribution in [0.2, 0.25) is 0 Å². The highest BCUT2D eigenvalue weighted by molar-refractivity contribution is 7.12. The molecule has 0 saturated carbocycles. The van der Waals surface area contributed by atoms with Crippen molar-refractivity contribution in [2.75, 3.05) is 33.3 Å². The van der Waals surface area contributed by atoms with Gasteiger partial charge in [-0.1, -0.05) is 6.07 Å². The molecule has 1 heterocycles. The minimum absolute atomic E-state index is 0.0356. The average Bonchev–Trinajstić information content (AvgIpc) is 3.24. The first-order chi connectivity index (χ1) is 13.5. The van der Waals surface area contributed by atoms with Crippen LogP contribution in [0.1, 0.15) is 22.5 Å². The lowest BCUT2D eigenvalue weighted by Crippen LogP contribution is -2.21. The first kappa shape index (κ1) is 21.2. The zero-order chi connectivity index (χ0) is 20.5. The minimum atomic E-state index is -0.620. The second kappa shape index (κ2) is 10.3. The van der Waals surface area contributed by atoms with Crippen molar-refractivity contribution in [3.05, 3.63) is 34.5 Å². The second-order valence-corrected chi connectivity index (χ2v) is 6.47. The summed E-state index contributed by atoms with van der Waals surface area (Å²) in [4.78, 5) is 36.2. The van der Waals surface area contributed by atoms with Gasteiger partial charge in [-0.25, -0.2) is 0 Å². The van der Waals surface area contributed by atoms with Crippen LogP contribution in [0.5, 0.6) is 17.2 Å². The van der Waals surface area contributed by atoms with E-state index in [2.05, 4.69) is 5.32 Å². The molecule has 150 valence electrons. The molecule has 0 fully saturated rings. The van der Waals surface area contributed by atoms with Crippen LogP contribution in [0.4, 0.5) is 5.69 Å². The van der Waals surface area contributed by atoms with Gasteiger partial charge in [0, 0.05) is 24.2 Å². The van der Waals surface area contributed by atoms with Crippen molar-refractivity contribution >= 4 is 34.7 Å². The molecule has 0 aliphatic carbocycles. The zero-order valence-corrected chi connectivity index (χ0v) is 16.6. The van der Waals surface area contributed by atoms with E-state index in [1.54, 1.807) is 29.6 Å². The van der Waals surface area contributed by atoms with Crippen LogP contribution in [0.25, 0.3) is 0 Å². The predicted molar refractivity (Wildman–Crippen MR) is 104 cm³/mol. The van der Waals surface area contributed by atoms with Crippen LogP contribution >= 0.6 is 11.3 Å². The van der Waals surface area contributed by atoms with Gasteiger partial charge in [0.15, 0.2) is 23.9 Å². The largest absolute Gasteiger partial charge is 0.493 e. The number of hydrogen-bond donors (Lipinski definition) is 1. The van der Waals surface area contributed by atoms with Crippen molar-refractivity contribution in [2.45, 2.75) is 12.8 Å². The van der Waals surface area contributed by atoms with E-state index in [9.17, 15) is 14.4 Å². The summed E-state index contributed by atoms with van der Waals surface area (Å²) in [6, 6.07) is 6.58. The molecule has 0 aliphatic heterocycles. The number of nitrogens with one attached hydrogen (secondary N) is 1. The van der Waals surface area contributed by atoms with Gasteiger partial charge in [0.05, 0.1) is 32.6 Å². The molecular weight excluding hydrogens is 386 g/mol. The summed E-state index contributed by atoms with van der Waals surface area (Å²) in [5.41, 5.74) is 0.392. The van der Waals surface area contributed by atoms with Gasteiger partial charge in [0.25, 0.3) is 5.91 Å². The summed E-state index contributed by atoms with van der Waals surface area (Å²) < 4.78 is 20.5. The Balaban J connectivity index is 1.85. The van der Waals surface area contributed by atoms with Crippen molar-refractivity contribution in [3.8, 4) is 17.2 Å². The van der Waals surface area contributed by atoms with Gasteiger partial charge < -0.3 is 24.3 Å². The summed E-state index contributed by atoms with van der Waals surface area (Å²) in [6.45, 7) is -0.470. The molecule has 0 aliphatic rings. The number of Topliss-reactive ketones (excluding diaryl/α,β-unsaturated/α-hetero) is 1. The maximum atomic E-state index is 12.0. The quantitative estimate of drug-likeness (QED) is 0.477. The van der Waals surface area contributed by atoms with E-state index in [-0.39, 0.29) is 18.6 Å². The molecular formula is C19H21NO7S. The number of ether oxygens (including phenoxy) is 4. The molecule has 1 aromatic heterocycles. The first-order valence-corrected chi connectivity index (χ1v) is 9.18. The van der Waals surface area contributed by atoms with E-state index < -0.39 is 18.5 Å². The highest BCUT2D eigenvalue weighted by Crippen LogP contribution is 2.39. The lowest BCUT2D eigenvalue weighted by Gasteiger charge is -2.14. The van der Waals surface area contributed by atoms with Crippen LogP contribution in [0.3, 0.4) is 0 Å². The topological polar surface area (TPSA) is 100 Å². The normalized spacial score (nSPS) is 10.1. The smallest absolute Gasteiger partial charge is 0.306 e. The van der Waals surface area contributed by atoms with Gasteiger partial charge in [-0.2, -0.15) is 0 Å². The number of anilines is 1. The molecule has 2 rings (SSSR count). The molecule has 28 heavy (non-hydrogen) atoms. The van der Waals surface area contributed by atoms with Crippen molar-refractivity contribution in [1.82, 2.24) is 0 Å². The molecule has 9 heteroatoms. The van der Waals surface area contributed by atoms with Gasteiger partial charge in [-0.15, -0.1) is 11.3 Å². The number of ketones is 1. The van der Waals surface area contributed by atoms with Gasteiger partial charge in [0.1, 0.15) is 0 Å². The molecule has 0 unspecified atom stereocenters. The van der Waals surface area contributed by atoms with E-state index in [0.29, 0.717) is 27.8 Å². The average molecular weight is 407 g/mol. The fourth-order valence-electron chi connectivity index (χ4n) is 2.34. The van der Waals surface area contributed by atoms with Crippen LogP contribution in [0.15, 0.2) is 29.6 Å². The van der Waals surface area contributed by atoms with Gasteiger partial charge >= 0.3 is 5.97 Å². The van der Waals surface area contributed by atoms with Crippen LogP contribution in [0, 0.1) is 0 Å². The van der Waals surface area contributed by atoms with E-state index in [1.807, 2.05) is 0 Å². The monoisotopic (exact) mass is 407 g/mol. The Labute approximate surface area is 166 Å². The fourth-order valence-corrected chi connectivity index (χ4v) is 3.04. The number of carbonyl (C=O) groups excluding carboxylic acids is 3. The lowest BCUT2D eigenvalue weighted by atomic mass is 10.2. The molecule has 8 nitrogen and oxygen atoms in total. The molecule has 0 atom stereocenters. The highest BCUT2D eigenvalue weighted by Gasteiger charge is 2.16. The number of carbonyl (C=O) groups is 3. The Kier molecular flexibility index (Phi) is 7.82. The maximum absolute atomic E-state index is 12.0. The third-order valence-corrected chi connectivity index (χ3v) is 4.58. The van der Waals surface area contributed by atoms with Crippen LogP contribution in [-0.2, 0) is 14.3 Å². The molecule has 2 aromatic rings. The Morgan fingerprint density at radius 2 is 1.68 bits per heavy atom. The van der Waals surface area contributed by atoms with Crippen molar-refractivity contribution in [2.24, 2.45) is 0 Å².